The summed E-state index contributed by atoms with van der Waals surface area (Å²) in [5.74, 6) is 0.693. The lowest BCUT2D eigenvalue weighted by molar-refractivity contribution is -0.154. The topological polar surface area (TPSA) is 80.9 Å². The fourth-order valence-electron chi connectivity index (χ4n) is 4.08. The predicted octanol–water partition coefficient (Wildman–Crippen LogP) is 4.10. The highest BCUT2D eigenvalue weighted by Crippen LogP contribution is 2.37. The predicted molar refractivity (Wildman–Crippen MR) is 123 cm³/mol. The third-order valence-corrected chi connectivity index (χ3v) is 5.81. The zero-order valence-corrected chi connectivity index (χ0v) is 19.3. The maximum atomic E-state index is 12.2. The van der Waals surface area contributed by atoms with Gasteiger partial charge in [0.15, 0.2) is 11.5 Å². The number of H-pyrrole nitrogens is 1. The van der Waals surface area contributed by atoms with E-state index in [2.05, 4.69) is 4.98 Å². The SMILES string of the molecule is COC(=O)C1Cc2c([nH]c3ccccc23)C(C)N1C(=O)CCl.COc1ccccc1OC. The summed E-state index contributed by atoms with van der Waals surface area (Å²) in [7, 11) is 4.58. The van der Waals surface area contributed by atoms with Crippen molar-refractivity contribution in [1.82, 2.24) is 9.88 Å². The number of esters is 1. The van der Waals surface area contributed by atoms with Crippen LogP contribution in [0.3, 0.4) is 0 Å². The molecule has 2 aromatic carbocycles. The zero-order chi connectivity index (χ0) is 23.3. The Hall–Kier alpha value is -3.19. The van der Waals surface area contributed by atoms with Gasteiger partial charge in [-0.3, -0.25) is 4.79 Å². The minimum absolute atomic E-state index is 0.159. The number of amides is 1. The second-order valence-electron chi connectivity index (χ2n) is 7.27. The Bertz CT molecular complexity index is 1070. The van der Waals surface area contributed by atoms with Gasteiger partial charge in [0.2, 0.25) is 5.91 Å². The van der Waals surface area contributed by atoms with E-state index >= 15 is 0 Å². The number of halogens is 1. The van der Waals surface area contributed by atoms with Crippen molar-refractivity contribution in [3.63, 3.8) is 0 Å². The van der Waals surface area contributed by atoms with Gasteiger partial charge in [-0.05, 0) is 30.7 Å². The van der Waals surface area contributed by atoms with Crippen molar-refractivity contribution in [2.75, 3.05) is 27.2 Å². The molecule has 2 heterocycles. The summed E-state index contributed by atoms with van der Waals surface area (Å²) in [6, 6.07) is 14.6. The van der Waals surface area contributed by atoms with Crippen LogP contribution in [0.1, 0.15) is 24.2 Å². The Morgan fingerprint density at radius 2 is 1.62 bits per heavy atom. The fraction of sp³-hybridized carbons (Fsp3) is 0.333. The molecule has 0 aliphatic carbocycles. The van der Waals surface area contributed by atoms with Crippen molar-refractivity contribution in [2.45, 2.75) is 25.4 Å². The lowest BCUT2D eigenvalue weighted by Crippen LogP contribution is -2.51. The molecule has 1 aliphatic rings. The maximum absolute atomic E-state index is 12.2. The second kappa shape index (κ2) is 10.4. The summed E-state index contributed by atoms with van der Waals surface area (Å²) in [6.07, 6.45) is 0.430. The number of hydrogen-bond acceptors (Lipinski definition) is 5. The monoisotopic (exact) mass is 458 g/mol. The molecule has 8 heteroatoms. The molecule has 7 nitrogen and oxygen atoms in total. The van der Waals surface area contributed by atoms with Crippen LogP contribution in [-0.4, -0.2) is 55.0 Å². The third-order valence-electron chi connectivity index (χ3n) is 5.58. The molecule has 0 saturated heterocycles. The number of hydrogen-bond donors (Lipinski definition) is 1. The van der Waals surface area contributed by atoms with Crippen LogP contribution < -0.4 is 9.47 Å². The van der Waals surface area contributed by atoms with E-state index < -0.39 is 12.0 Å². The van der Waals surface area contributed by atoms with Crippen LogP contribution in [-0.2, 0) is 20.7 Å². The first-order chi connectivity index (χ1) is 15.5. The van der Waals surface area contributed by atoms with Gasteiger partial charge in [0.05, 0.1) is 27.4 Å². The number of aromatic amines is 1. The lowest BCUT2D eigenvalue weighted by Gasteiger charge is -2.38. The van der Waals surface area contributed by atoms with Crippen LogP contribution >= 0.6 is 11.6 Å². The van der Waals surface area contributed by atoms with Gasteiger partial charge in [0.1, 0.15) is 11.9 Å². The number of aromatic nitrogens is 1. The molecule has 0 fully saturated rings. The zero-order valence-electron chi connectivity index (χ0n) is 18.6. The van der Waals surface area contributed by atoms with Crippen molar-refractivity contribution >= 4 is 34.4 Å². The molecule has 170 valence electrons. The number of nitrogens with one attached hydrogen (secondary N) is 1. The maximum Gasteiger partial charge on any atom is 0.328 e. The number of ether oxygens (including phenoxy) is 3. The number of rotatable bonds is 4. The van der Waals surface area contributed by atoms with Gasteiger partial charge in [0.25, 0.3) is 0 Å². The Kier molecular flexibility index (Phi) is 7.64. The van der Waals surface area contributed by atoms with Gasteiger partial charge >= 0.3 is 5.97 Å². The van der Waals surface area contributed by atoms with Crippen molar-refractivity contribution in [2.24, 2.45) is 0 Å². The van der Waals surface area contributed by atoms with Gasteiger partial charge in [-0.2, -0.15) is 0 Å². The molecular weight excluding hydrogens is 432 g/mol. The second-order valence-corrected chi connectivity index (χ2v) is 7.54. The van der Waals surface area contributed by atoms with E-state index in [0.717, 1.165) is 33.7 Å². The van der Waals surface area contributed by atoms with Crippen molar-refractivity contribution in [1.29, 1.82) is 0 Å². The Balaban J connectivity index is 0.000000243. The van der Waals surface area contributed by atoms with Crippen LogP contribution in [0.5, 0.6) is 11.5 Å². The summed E-state index contributed by atoms with van der Waals surface area (Å²) in [6.45, 7) is 1.90. The molecule has 0 bridgehead atoms. The number of alkyl halides is 1. The molecular formula is C24H27ClN2O5. The standard InChI is InChI=1S/C16H17ClN2O3.C8H10O2/c1-9-15-11(10-5-3-4-6-12(10)18-15)7-13(16(21)22-2)19(9)14(20)8-17;1-9-7-5-3-4-6-8(7)10-2/h3-6,9,13,18H,7-8H2,1-2H3;3-6H,1-2H3. The first-order valence-corrected chi connectivity index (χ1v) is 10.7. The van der Waals surface area contributed by atoms with Crippen LogP contribution in [0, 0.1) is 0 Å². The first kappa shape index (κ1) is 23.5. The number of carbonyl (C=O) groups is 2. The minimum Gasteiger partial charge on any atom is -0.493 e. The number of methoxy groups -OCH3 is 3. The molecule has 0 saturated carbocycles. The highest BCUT2D eigenvalue weighted by atomic mass is 35.5. The minimum atomic E-state index is -0.641. The number of nitrogens with zero attached hydrogens (tertiary/aromatic N) is 1. The molecule has 0 radical (unpaired) electrons. The molecule has 32 heavy (non-hydrogen) atoms. The Labute approximate surface area is 192 Å². The smallest absolute Gasteiger partial charge is 0.328 e. The van der Waals surface area contributed by atoms with Crippen molar-refractivity contribution < 1.29 is 23.8 Å². The highest BCUT2D eigenvalue weighted by molar-refractivity contribution is 6.27. The molecule has 1 amide bonds. The molecule has 0 spiro atoms. The number of carbonyl (C=O) groups excluding carboxylic acids is 2. The molecule has 1 aliphatic heterocycles. The van der Waals surface area contributed by atoms with Gasteiger partial charge in [-0.1, -0.05) is 30.3 Å². The van der Waals surface area contributed by atoms with Crippen LogP contribution in [0.25, 0.3) is 10.9 Å². The van der Waals surface area contributed by atoms with E-state index in [0.29, 0.717) is 6.42 Å². The van der Waals surface area contributed by atoms with Gasteiger partial charge in [-0.15, -0.1) is 11.6 Å². The summed E-state index contributed by atoms with van der Waals surface area (Å²) < 4.78 is 14.9. The lowest BCUT2D eigenvalue weighted by atomic mass is 9.92. The third kappa shape index (κ3) is 4.53. The van der Waals surface area contributed by atoms with Gasteiger partial charge in [-0.25, -0.2) is 4.79 Å². The first-order valence-electron chi connectivity index (χ1n) is 10.2. The Morgan fingerprint density at radius 3 is 2.19 bits per heavy atom. The van der Waals surface area contributed by atoms with E-state index in [4.69, 9.17) is 25.8 Å². The fourth-order valence-corrected chi connectivity index (χ4v) is 4.22. The van der Waals surface area contributed by atoms with Gasteiger partial charge < -0.3 is 24.1 Å². The summed E-state index contributed by atoms with van der Waals surface area (Å²) in [5, 5.41) is 1.08. The molecule has 1 N–H and O–H groups in total. The van der Waals surface area contributed by atoms with Crippen LogP contribution in [0.15, 0.2) is 48.5 Å². The molecule has 2 unspecified atom stereocenters. The van der Waals surface area contributed by atoms with E-state index in [1.807, 2.05) is 55.5 Å². The van der Waals surface area contributed by atoms with Crippen molar-refractivity contribution in [3.05, 3.63) is 59.8 Å². The average Bonchev–Trinajstić information content (AvgIpc) is 3.22. The van der Waals surface area contributed by atoms with Crippen LogP contribution in [0.2, 0.25) is 0 Å². The quantitative estimate of drug-likeness (QED) is 0.470. The normalized spacial score (nSPS) is 17.1. The summed E-state index contributed by atoms with van der Waals surface area (Å²) in [4.78, 5) is 29.2. The van der Waals surface area contributed by atoms with Crippen molar-refractivity contribution in [3.8, 4) is 11.5 Å². The average molecular weight is 459 g/mol. The van der Waals surface area contributed by atoms with E-state index in [1.165, 1.54) is 12.0 Å². The summed E-state index contributed by atoms with van der Waals surface area (Å²) in [5.41, 5.74) is 3.03. The molecule has 3 aromatic rings. The van der Waals surface area contributed by atoms with Crippen LogP contribution in [0.4, 0.5) is 0 Å². The molecule has 2 atom stereocenters. The largest absolute Gasteiger partial charge is 0.493 e. The number of benzene rings is 2. The Morgan fingerprint density at radius 1 is 1.03 bits per heavy atom. The molecule has 4 rings (SSSR count). The van der Waals surface area contributed by atoms with E-state index in [9.17, 15) is 9.59 Å². The van der Waals surface area contributed by atoms with E-state index in [1.54, 1.807) is 14.2 Å². The number of fused-ring (bicyclic) bond motifs is 3. The van der Waals surface area contributed by atoms with E-state index in [-0.39, 0.29) is 17.8 Å². The molecule has 1 aromatic heterocycles. The highest BCUT2D eigenvalue weighted by Gasteiger charge is 2.40. The summed E-state index contributed by atoms with van der Waals surface area (Å²) >= 11 is 5.72. The number of para-hydroxylation sites is 3. The van der Waals surface area contributed by atoms with Gasteiger partial charge in [0, 0.05) is 23.0 Å².